The van der Waals surface area contributed by atoms with Gasteiger partial charge in [-0.15, -0.1) is 0 Å². The van der Waals surface area contributed by atoms with Gasteiger partial charge in [0.2, 0.25) is 0 Å². The summed E-state index contributed by atoms with van der Waals surface area (Å²) in [6.45, 7) is 13.0. The van der Waals surface area contributed by atoms with Crippen LogP contribution in [0.2, 0.25) is 0 Å². The van der Waals surface area contributed by atoms with Crippen molar-refractivity contribution in [2.45, 2.75) is 46.6 Å². The molecule has 0 bridgehead atoms. The van der Waals surface area contributed by atoms with Crippen LogP contribution in [0.4, 0.5) is 0 Å². The van der Waals surface area contributed by atoms with Crippen LogP contribution < -0.4 is 5.32 Å². The quantitative estimate of drug-likeness (QED) is 0.554. The van der Waals surface area contributed by atoms with E-state index in [0.717, 1.165) is 32.0 Å². The topological polar surface area (TPSA) is 30.5 Å². The van der Waals surface area contributed by atoms with Crippen molar-refractivity contribution in [3.8, 4) is 0 Å². The first-order valence-corrected chi connectivity index (χ1v) is 6.56. The van der Waals surface area contributed by atoms with Crippen molar-refractivity contribution in [3.63, 3.8) is 0 Å². The van der Waals surface area contributed by atoms with E-state index in [4.69, 9.17) is 9.47 Å². The van der Waals surface area contributed by atoms with E-state index in [0.29, 0.717) is 19.3 Å². The Bertz CT molecular complexity index is 140. The molecule has 98 valence electrons. The maximum absolute atomic E-state index is 5.62. The molecule has 0 saturated carbocycles. The minimum Gasteiger partial charge on any atom is -0.379 e. The van der Waals surface area contributed by atoms with E-state index >= 15 is 0 Å². The fourth-order valence-corrected chi connectivity index (χ4v) is 1.44. The van der Waals surface area contributed by atoms with Gasteiger partial charge in [-0.25, -0.2) is 0 Å². The van der Waals surface area contributed by atoms with Gasteiger partial charge in [0, 0.05) is 6.61 Å². The van der Waals surface area contributed by atoms with Gasteiger partial charge < -0.3 is 14.8 Å². The molecule has 0 heterocycles. The molecule has 3 nitrogen and oxygen atoms in total. The summed E-state index contributed by atoms with van der Waals surface area (Å²) in [5.41, 5.74) is 0. The summed E-state index contributed by atoms with van der Waals surface area (Å²) in [5, 5.41) is 3.44. The van der Waals surface area contributed by atoms with E-state index < -0.39 is 0 Å². The Hall–Kier alpha value is -0.120. The molecule has 0 aromatic heterocycles. The zero-order chi connectivity index (χ0) is 12.2. The highest BCUT2D eigenvalue weighted by atomic mass is 16.5. The first kappa shape index (κ1) is 15.9. The van der Waals surface area contributed by atoms with Gasteiger partial charge in [0.05, 0.1) is 19.3 Å². The van der Waals surface area contributed by atoms with Crippen LogP contribution in [0.15, 0.2) is 0 Å². The van der Waals surface area contributed by atoms with E-state index in [-0.39, 0.29) is 0 Å². The third-order valence-corrected chi connectivity index (χ3v) is 2.35. The molecule has 0 saturated heterocycles. The second-order valence-corrected chi connectivity index (χ2v) is 4.62. The molecule has 0 aromatic carbocycles. The highest BCUT2D eigenvalue weighted by Crippen LogP contribution is 2.00. The normalized spacial score (nSPS) is 13.3. The molecule has 0 amide bonds. The van der Waals surface area contributed by atoms with Gasteiger partial charge in [-0.1, -0.05) is 13.8 Å². The molecule has 0 spiro atoms. The van der Waals surface area contributed by atoms with Crippen LogP contribution in [0.3, 0.4) is 0 Å². The van der Waals surface area contributed by atoms with Crippen LogP contribution in [0.5, 0.6) is 0 Å². The molecule has 1 atom stereocenters. The first-order chi connectivity index (χ1) is 7.66. The SMILES string of the molecule is CCOCCOC(C)CCCNCC(C)C. The molecule has 16 heavy (non-hydrogen) atoms. The van der Waals surface area contributed by atoms with Crippen LogP contribution in [0, 0.1) is 5.92 Å². The first-order valence-electron chi connectivity index (χ1n) is 6.56. The van der Waals surface area contributed by atoms with Crippen molar-refractivity contribution in [3.05, 3.63) is 0 Å². The lowest BCUT2D eigenvalue weighted by Gasteiger charge is -2.13. The molecule has 0 aromatic rings. The lowest BCUT2D eigenvalue weighted by atomic mass is 10.2. The molecule has 0 fully saturated rings. The van der Waals surface area contributed by atoms with Gasteiger partial charge in [0.15, 0.2) is 0 Å². The van der Waals surface area contributed by atoms with Gasteiger partial charge in [-0.3, -0.25) is 0 Å². The standard InChI is InChI=1S/C13H29NO2/c1-5-15-9-10-16-13(4)7-6-8-14-11-12(2)3/h12-14H,5-11H2,1-4H3. The van der Waals surface area contributed by atoms with Gasteiger partial charge in [-0.2, -0.15) is 0 Å². The number of rotatable bonds is 11. The Morgan fingerprint density at radius 1 is 1.12 bits per heavy atom. The van der Waals surface area contributed by atoms with Crippen molar-refractivity contribution in [1.29, 1.82) is 0 Å². The monoisotopic (exact) mass is 231 g/mol. The van der Waals surface area contributed by atoms with Gasteiger partial charge in [0.1, 0.15) is 0 Å². The Kier molecular flexibility index (Phi) is 11.3. The molecule has 0 rings (SSSR count). The van der Waals surface area contributed by atoms with Crippen molar-refractivity contribution < 1.29 is 9.47 Å². The minimum absolute atomic E-state index is 0.348. The highest BCUT2D eigenvalue weighted by molar-refractivity contribution is 4.55. The molecule has 1 N–H and O–H groups in total. The van der Waals surface area contributed by atoms with E-state index in [1.165, 1.54) is 6.42 Å². The fraction of sp³-hybridized carbons (Fsp3) is 1.00. The van der Waals surface area contributed by atoms with Crippen LogP contribution in [-0.2, 0) is 9.47 Å². The molecule has 1 unspecified atom stereocenters. The Labute approximate surface area is 101 Å². The average Bonchev–Trinajstić information content (AvgIpc) is 2.23. The Balaban J connectivity index is 3.14. The zero-order valence-corrected chi connectivity index (χ0v) is 11.4. The van der Waals surface area contributed by atoms with E-state index in [9.17, 15) is 0 Å². The summed E-state index contributed by atoms with van der Waals surface area (Å²) < 4.78 is 10.8. The van der Waals surface area contributed by atoms with Crippen molar-refractivity contribution in [1.82, 2.24) is 5.32 Å². The Morgan fingerprint density at radius 2 is 1.88 bits per heavy atom. The third kappa shape index (κ3) is 12.0. The average molecular weight is 231 g/mol. The summed E-state index contributed by atoms with van der Waals surface area (Å²) in [6.07, 6.45) is 2.65. The molecular formula is C13H29NO2. The number of ether oxygens (including phenoxy) is 2. The number of nitrogens with one attached hydrogen (secondary N) is 1. The van der Waals surface area contributed by atoms with Crippen molar-refractivity contribution in [2.75, 3.05) is 32.9 Å². The van der Waals surface area contributed by atoms with E-state index in [1.807, 2.05) is 6.92 Å². The van der Waals surface area contributed by atoms with Crippen LogP contribution >= 0.6 is 0 Å². The van der Waals surface area contributed by atoms with Crippen molar-refractivity contribution in [2.24, 2.45) is 5.92 Å². The molecule has 0 radical (unpaired) electrons. The molecular weight excluding hydrogens is 202 g/mol. The third-order valence-electron chi connectivity index (χ3n) is 2.35. The summed E-state index contributed by atoms with van der Waals surface area (Å²) in [6, 6.07) is 0. The lowest BCUT2D eigenvalue weighted by molar-refractivity contribution is 0.0115. The molecule has 0 aliphatic carbocycles. The predicted octanol–water partition coefficient (Wildman–Crippen LogP) is 2.45. The summed E-state index contributed by atoms with van der Waals surface area (Å²) >= 11 is 0. The molecule has 3 heteroatoms. The lowest BCUT2D eigenvalue weighted by Crippen LogP contribution is -2.22. The highest BCUT2D eigenvalue weighted by Gasteiger charge is 2.01. The largest absolute Gasteiger partial charge is 0.379 e. The maximum Gasteiger partial charge on any atom is 0.0704 e. The second-order valence-electron chi connectivity index (χ2n) is 4.62. The zero-order valence-electron chi connectivity index (χ0n) is 11.4. The summed E-state index contributed by atoms with van der Waals surface area (Å²) in [4.78, 5) is 0. The van der Waals surface area contributed by atoms with Gasteiger partial charge in [0.25, 0.3) is 0 Å². The van der Waals surface area contributed by atoms with Gasteiger partial charge in [-0.05, 0) is 45.7 Å². The summed E-state index contributed by atoms with van der Waals surface area (Å²) in [5.74, 6) is 0.736. The molecule has 0 aliphatic rings. The van der Waals surface area contributed by atoms with Gasteiger partial charge >= 0.3 is 0 Å². The smallest absolute Gasteiger partial charge is 0.0704 e. The van der Waals surface area contributed by atoms with E-state index in [2.05, 4.69) is 26.1 Å². The second kappa shape index (κ2) is 11.4. The minimum atomic E-state index is 0.348. The molecule has 0 aliphatic heterocycles. The van der Waals surface area contributed by atoms with Crippen LogP contribution in [0.1, 0.15) is 40.5 Å². The maximum atomic E-state index is 5.62. The summed E-state index contributed by atoms with van der Waals surface area (Å²) in [7, 11) is 0. The van der Waals surface area contributed by atoms with E-state index in [1.54, 1.807) is 0 Å². The Morgan fingerprint density at radius 3 is 2.50 bits per heavy atom. The van der Waals surface area contributed by atoms with Crippen LogP contribution in [-0.4, -0.2) is 39.0 Å². The fourth-order valence-electron chi connectivity index (χ4n) is 1.44. The number of hydrogen-bond donors (Lipinski definition) is 1. The van der Waals surface area contributed by atoms with Crippen LogP contribution in [0.25, 0.3) is 0 Å². The number of hydrogen-bond acceptors (Lipinski definition) is 3. The van der Waals surface area contributed by atoms with Crippen molar-refractivity contribution >= 4 is 0 Å². The predicted molar refractivity (Wildman–Crippen MR) is 68.8 cm³/mol.